The third-order valence-corrected chi connectivity index (χ3v) is 7.23. The molecule has 3 aromatic carbocycles. The Morgan fingerprint density at radius 2 is 1.50 bits per heavy atom. The molecule has 4 nitrogen and oxygen atoms in total. The van der Waals surface area contributed by atoms with E-state index in [2.05, 4.69) is 48.0 Å². The van der Waals surface area contributed by atoms with Crippen LogP contribution in [0.4, 0.5) is 5.69 Å². The molecule has 2 bridgehead atoms. The molecule has 0 aromatic heterocycles. The first-order valence-electron chi connectivity index (χ1n) is 12.7. The Morgan fingerprint density at radius 1 is 0.824 bits per heavy atom. The van der Waals surface area contributed by atoms with E-state index >= 15 is 0 Å². The Morgan fingerprint density at radius 3 is 2.21 bits per heavy atom. The second-order valence-electron chi connectivity index (χ2n) is 9.75. The fourth-order valence-corrected chi connectivity index (χ4v) is 5.54. The van der Waals surface area contributed by atoms with Gasteiger partial charge in [-0.05, 0) is 74.1 Å². The molecule has 3 atom stereocenters. The summed E-state index contributed by atoms with van der Waals surface area (Å²) in [6, 6.07) is 28.3. The molecule has 0 aliphatic carbocycles. The number of ether oxygens (including phenoxy) is 2. The number of anilines is 1. The van der Waals surface area contributed by atoms with E-state index in [-0.39, 0.29) is 6.10 Å². The highest BCUT2D eigenvalue weighted by Crippen LogP contribution is 2.39. The zero-order valence-corrected chi connectivity index (χ0v) is 20.4. The number of fused-ring (bicyclic) bond motifs is 2. The Balaban J connectivity index is 1.18. The SMILES string of the molecule is CCCN(C)c1ccc(CN2[C@@H]3CC[C@H]2CC(Oc2cccc(Oc4ccccc4)c2)C3)cc1. The van der Waals surface area contributed by atoms with E-state index in [1.54, 1.807) is 0 Å². The molecular formula is C30H36N2O2. The summed E-state index contributed by atoms with van der Waals surface area (Å²) in [5.41, 5.74) is 2.72. The minimum atomic E-state index is 0.269. The van der Waals surface area contributed by atoms with E-state index in [0.717, 1.165) is 43.2 Å². The average molecular weight is 457 g/mol. The van der Waals surface area contributed by atoms with E-state index in [1.165, 1.54) is 30.5 Å². The Hall–Kier alpha value is -2.98. The van der Waals surface area contributed by atoms with Crippen LogP contribution in [-0.2, 0) is 6.54 Å². The van der Waals surface area contributed by atoms with Crippen LogP contribution in [0.1, 0.15) is 44.6 Å². The van der Waals surface area contributed by atoms with Crippen LogP contribution in [0, 0.1) is 0 Å². The molecule has 4 heteroatoms. The fraction of sp³-hybridized carbons (Fsp3) is 0.400. The Bertz CT molecular complexity index is 1040. The molecule has 0 spiro atoms. The summed E-state index contributed by atoms with van der Waals surface area (Å²) >= 11 is 0. The molecule has 2 aliphatic rings. The zero-order chi connectivity index (χ0) is 23.3. The number of piperidine rings is 1. The number of hydrogen-bond donors (Lipinski definition) is 0. The Labute approximate surface area is 204 Å². The van der Waals surface area contributed by atoms with Gasteiger partial charge in [-0.1, -0.05) is 43.3 Å². The molecule has 178 valence electrons. The van der Waals surface area contributed by atoms with Crippen LogP contribution in [0.3, 0.4) is 0 Å². The van der Waals surface area contributed by atoms with Gasteiger partial charge in [0, 0.05) is 44.0 Å². The van der Waals surface area contributed by atoms with Gasteiger partial charge < -0.3 is 14.4 Å². The van der Waals surface area contributed by atoms with Gasteiger partial charge in [0.1, 0.15) is 23.4 Å². The monoisotopic (exact) mass is 456 g/mol. The summed E-state index contributed by atoms with van der Waals surface area (Å²) in [5, 5.41) is 0. The third kappa shape index (κ3) is 5.39. The van der Waals surface area contributed by atoms with Crippen molar-refractivity contribution in [1.82, 2.24) is 4.90 Å². The summed E-state index contributed by atoms with van der Waals surface area (Å²) in [5.74, 6) is 2.56. The highest BCUT2D eigenvalue weighted by Gasteiger charge is 2.41. The molecule has 0 saturated carbocycles. The van der Waals surface area contributed by atoms with Crippen LogP contribution in [-0.4, -0.2) is 36.7 Å². The standard InChI is InChI=1S/C30H36N2O2/c1-3-18-31(2)24-14-12-23(13-15-24)22-32-25-16-17-26(32)20-30(19-25)34-29-11-7-10-28(21-29)33-27-8-5-4-6-9-27/h4-15,21,25-26,30H,3,16-20,22H2,1-2H3/t25-,26+,30?. The first-order valence-corrected chi connectivity index (χ1v) is 12.7. The highest BCUT2D eigenvalue weighted by molar-refractivity contribution is 5.46. The lowest BCUT2D eigenvalue weighted by molar-refractivity contribution is 0.0445. The maximum absolute atomic E-state index is 6.47. The lowest BCUT2D eigenvalue weighted by Crippen LogP contribution is -2.45. The fourth-order valence-electron chi connectivity index (χ4n) is 5.54. The Kier molecular flexibility index (Phi) is 7.05. The first kappa shape index (κ1) is 22.8. The van der Waals surface area contributed by atoms with E-state index in [9.17, 15) is 0 Å². The molecule has 2 aliphatic heterocycles. The van der Waals surface area contributed by atoms with Gasteiger partial charge in [-0.25, -0.2) is 0 Å². The maximum Gasteiger partial charge on any atom is 0.131 e. The van der Waals surface area contributed by atoms with E-state index in [1.807, 2.05) is 54.6 Å². The first-order chi connectivity index (χ1) is 16.7. The molecule has 5 rings (SSSR count). The van der Waals surface area contributed by atoms with Crippen molar-refractivity contribution in [2.75, 3.05) is 18.5 Å². The lowest BCUT2D eigenvalue weighted by Gasteiger charge is -2.39. The summed E-state index contributed by atoms with van der Waals surface area (Å²) < 4.78 is 12.5. The zero-order valence-electron chi connectivity index (χ0n) is 20.4. The molecule has 34 heavy (non-hydrogen) atoms. The smallest absolute Gasteiger partial charge is 0.131 e. The maximum atomic E-state index is 6.47. The van der Waals surface area contributed by atoms with Gasteiger partial charge in [-0.15, -0.1) is 0 Å². The second-order valence-corrected chi connectivity index (χ2v) is 9.75. The van der Waals surface area contributed by atoms with E-state index in [4.69, 9.17) is 9.47 Å². The van der Waals surface area contributed by atoms with Crippen molar-refractivity contribution in [3.63, 3.8) is 0 Å². The van der Waals surface area contributed by atoms with Crippen LogP contribution >= 0.6 is 0 Å². The minimum absolute atomic E-state index is 0.269. The van der Waals surface area contributed by atoms with Crippen LogP contribution < -0.4 is 14.4 Å². The average Bonchev–Trinajstić information content (AvgIpc) is 3.08. The van der Waals surface area contributed by atoms with Crippen molar-refractivity contribution in [2.24, 2.45) is 0 Å². The minimum Gasteiger partial charge on any atom is -0.490 e. The summed E-state index contributed by atoms with van der Waals surface area (Å²) in [7, 11) is 2.17. The van der Waals surface area contributed by atoms with Crippen LogP contribution in [0.25, 0.3) is 0 Å². The number of benzene rings is 3. The van der Waals surface area contributed by atoms with Gasteiger partial charge in [0.25, 0.3) is 0 Å². The van der Waals surface area contributed by atoms with E-state index < -0.39 is 0 Å². The van der Waals surface area contributed by atoms with Gasteiger partial charge in [0.15, 0.2) is 0 Å². The van der Waals surface area contributed by atoms with Crippen molar-refractivity contribution in [3.8, 4) is 17.2 Å². The third-order valence-electron chi connectivity index (χ3n) is 7.23. The largest absolute Gasteiger partial charge is 0.490 e. The molecule has 0 radical (unpaired) electrons. The second kappa shape index (κ2) is 10.5. The van der Waals surface area contributed by atoms with Gasteiger partial charge in [-0.3, -0.25) is 4.90 Å². The summed E-state index contributed by atoms with van der Waals surface area (Å²) in [6.07, 6.45) is 6.18. The molecule has 2 heterocycles. The summed E-state index contributed by atoms with van der Waals surface area (Å²) in [4.78, 5) is 5.05. The molecular weight excluding hydrogens is 420 g/mol. The van der Waals surface area contributed by atoms with E-state index in [0.29, 0.717) is 12.1 Å². The molecule has 3 aromatic rings. The van der Waals surface area contributed by atoms with Crippen LogP contribution in [0.15, 0.2) is 78.9 Å². The van der Waals surface area contributed by atoms with Crippen molar-refractivity contribution < 1.29 is 9.47 Å². The normalized spacial score (nSPS) is 21.9. The summed E-state index contributed by atoms with van der Waals surface area (Å²) in [6.45, 7) is 4.36. The quantitative estimate of drug-likeness (QED) is 0.350. The number of rotatable bonds is 9. The molecule has 2 fully saturated rings. The number of hydrogen-bond acceptors (Lipinski definition) is 4. The van der Waals surface area contributed by atoms with Crippen molar-refractivity contribution in [1.29, 1.82) is 0 Å². The topological polar surface area (TPSA) is 24.9 Å². The van der Waals surface area contributed by atoms with Gasteiger partial charge in [0.2, 0.25) is 0 Å². The van der Waals surface area contributed by atoms with Crippen molar-refractivity contribution >= 4 is 5.69 Å². The predicted octanol–water partition coefficient (Wildman–Crippen LogP) is 6.90. The molecule has 2 saturated heterocycles. The number of para-hydroxylation sites is 1. The predicted molar refractivity (Wildman–Crippen MR) is 139 cm³/mol. The van der Waals surface area contributed by atoms with Crippen molar-refractivity contribution in [2.45, 2.75) is 63.8 Å². The van der Waals surface area contributed by atoms with Crippen LogP contribution in [0.2, 0.25) is 0 Å². The molecule has 1 unspecified atom stereocenters. The van der Waals surface area contributed by atoms with Gasteiger partial charge >= 0.3 is 0 Å². The van der Waals surface area contributed by atoms with Gasteiger partial charge in [-0.2, -0.15) is 0 Å². The van der Waals surface area contributed by atoms with Crippen molar-refractivity contribution in [3.05, 3.63) is 84.4 Å². The molecule has 0 N–H and O–H groups in total. The molecule has 0 amide bonds. The van der Waals surface area contributed by atoms with Crippen LogP contribution in [0.5, 0.6) is 17.2 Å². The number of nitrogens with zero attached hydrogens (tertiary/aromatic N) is 2. The lowest BCUT2D eigenvalue weighted by atomic mass is 9.98. The highest BCUT2D eigenvalue weighted by atomic mass is 16.5. The van der Waals surface area contributed by atoms with Gasteiger partial charge in [0.05, 0.1) is 0 Å².